The third-order valence-corrected chi connectivity index (χ3v) is 3.48. The number of benzene rings is 1. The minimum absolute atomic E-state index is 0.238. The van der Waals surface area contributed by atoms with Crippen molar-refractivity contribution in [1.82, 2.24) is 4.90 Å². The van der Waals surface area contributed by atoms with Crippen molar-refractivity contribution in [2.45, 2.75) is 32.0 Å². The van der Waals surface area contributed by atoms with E-state index in [1.165, 1.54) is 25.0 Å². The Hall–Kier alpha value is -1.81. The molecule has 0 aliphatic heterocycles. The molecule has 0 saturated heterocycles. The van der Waals surface area contributed by atoms with Crippen molar-refractivity contribution in [2.75, 3.05) is 5.73 Å². The zero-order valence-corrected chi connectivity index (χ0v) is 10.7. The Balaban J connectivity index is 1.76. The number of hydrogen-bond donors (Lipinski definition) is 1. The monoisotopic (exact) mass is 260 g/mol. The van der Waals surface area contributed by atoms with Crippen molar-refractivity contribution in [1.29, 1.82) is 0 Å². The van der Waals surface area contributed by atoms with E-state index >= 15 is 0 Å². The number of nitrogen functional groups attached to an aromatic ring is 1. The van der Waals surface area contributed by atoms with Gasteiger partial charge in [-0.1, -0.05) is 0 Å². The van der Waals surface area contributed by atoms with Crippen molar-refractivity contribution in [3.8, 4) is 0 Å². The second-order valence-electron chi connectivity index (χ2n) is 5.06. The van der Waals surface area contributed by atoms with Crippen LogP contribution < -0.4 is 5.73 Å². The molecular weight excluding hydrogens is 243 g/mol. The Morgan fingerprint density at radius 2 is 2.11 bits per heavy atom. The fourth-order valence-corrected chi connectivity index (χ4v) is 2.29. The second-order valence-corrected chi connectivity index (χ2v) is 5.06. The maximum Gasteiger partial charge on any atom is 0.123 e. The van der Waals surface area contributed by atoms with Gasteiger partial charge in [0.25, 0.3) is 0 Å². The lowest BCUT2D eigenvalue weighted by atomic mass is 10.1. The second kappa shape index (κ2) is 5.05. The van der Waals surface area contributed by atoms with Gasteiger partial charge in [-0.3, -0.25) is 4.90 Å². The van der Waals surface area contributed by atoms with E-state index in [-0.39, 0.29) is 5.82 Å². The first-order valence-electron chi connectivity index (χ1n) is 6.53. The van der Waals surface area contributed by atoms with E-state index in [1.54, 1.807) is 12.3 Å². The molecular formula is C15H17FN2O. The number of nitrogens with two attached hydrogens (primary N) is 1. The van der Waals surface area contributed by atoms with E-state index in [0.29, 0.717) is 18.3 Å². The van der Waals surface area contributed by atoms with Crippen LogP contribution in [-0.2, 0) is 13.1 Å². The lowest BCUT2D eigenvalue weighted by Crippen LogP contribution is -2.25. The molecule has 3 rings (SSSR count). The van der Waals surface area contributed by atoms with Gasteiger partial charge < -0.3 is 10.2 Å². The summed E-state index contributed by atoms with van der Waals surface area (Å²) in [5.74, 6) is 0.694. The molecule has 1 aliphatic carbocycles. The minimum Gasteiger partial charge on any atom is -0.468 e. The van der Waals surface area contributed by atoms with Crippen molar-refractivity contribution in [3.63, 3.8) is 0 Å². The van der Waals surface area contributed by atoms with Gasteiger partial charge in [0.1, 0.15) is 11.6 Å². The fourth-order valence-electron chi connectivity index (χ4n) is 2.29. The smallest absolute Gasteiger partial charge is 0.123 e. The quantitative estimate of drug-likeness (QED) is 0.840. The summed E-state index contributed by atoms with van der Waals surface area (Å²) in [5, 5.41) is 0. The molecule has 4 heteroatoms. The molecule has 1 aromatic carbocycles. The first-order valence-corrected chi connectivity index (χ1v) is 6.53. The third kappa shape index (κ3) is 2.96. The Morgan fingerprint density at radius 1 is 1.26 bits per heavy atom. The van der Waals surface area contributed by atoms with Crippen LogP contribution in [0.1, 0.15) is 24.2 Å². The van der Waals surface area contributed by atoms with Gasteiger partial charge in [-0.05, 0) is 48.7 Å². The van der Waals surface area contributed by atoms with E-state index in [9.17, 15) is 4.39 Å². The fraction of sp³-hybridized carbons (Fsp3) is 0.333. The van der Waals surface area contributed by atoms with Crippen LogP contribution in [0, 0.1) is 5.82 Å². The Labute approximate surface area is 111 Å². The zero-order valence-electron chi connectivity index (χ0n) is 10.7. The zero-order chi connectivity index (χ0) is 13.2. The number of halogens is 1. The van der Waals surface area contributed by atoms with Gasteiger partial charge in [0.2, 0.25) is 0 Å². The summed E-state index contributed by atoms with van der Waals surface area (Å²) >= 11 is 0. The van der Waals surface area contributed by atoms with Crippen LogP contribution >= 0.6 is 0 Å². The van der Waals surface area contributed by atoms with Gasteiger partial charge in [-0.2, -0.15) is 0 Å². The largest absolute Gasteiger partial charge is 0.468 e. The van der Waals surface area contributed by atoms with E-state index in [1.807, 2.05) is 12.1 Å². The highest BCUT2D eigenvalue weighted by Crippen LogP contribution is 2.31. The molecule has 0 atom stereocenters. The molecule has 0 bridgehead atoms. The maximum atomic E-state index is 13.3. The molecule has 0 amide bonds. The Morgan fingerprint density at radius 3 is 2.79 bits per heavy atom. The summed E-state index contributed by atoms with van der Waals surface area (Å²) in [6.07, 6.45) is 4.06. The van der Waals surface area contributed by atoms with Gasteiger partial charge in [0, 0.05) is 18.3 Å². The third-order valence-electron chi connectivity index (χ3n) is 3.48. The normalized spacial score (nSPS) is 15.1. The predicted octanol–water partition coefficient (Wildman–Crippen LogP) is 3.17. The van der Waals surface area contributed by atoms with Crippen molar-refractivity contribution in [2.24, 2.45) is 0 Å². The summed E-state index contributed by atoms with van der Waals surface area (Å²) in [6.45, 7) is 1.41. The SMILES string of the molecule is Nc1ccc(F)cc1CN(Cc1ccco1)C1CC1. The highest BCUT2D eigenvalue weighted by molar-refractivity contribution is 5.46. The topological polar surface area (TPSA) is 42.4 Å². The predicted molar refractivity (Wildman–Crippen MR) is 71.8 cm³/mol. The average molecular weight is 260 g/mol. The highest BCUT2D eigenvalue weighted by atomic mass is 19.1. The van der Waals surface area contributed by atoms with Gasteiger partial charge in [0.15, 0.2) is 0 Å². The van der Waals surface area contributed by atoms with Gasteiger partial charge in [-0.15, -0.1) is 0 Å². The van der Waals surface area contributed by atoms with Crippen LogP contribution in [0.25, 0.3) is 0 Å². The van der Waals surface area contributed by atoms with Crippen LogP contribution in [0.4, 0.5) is 10.1 Å². The van der Waals surface area contributed by atoms with Crippen molar-refractivity contribution in [3.05, 3.63) is 53.7 Å². The molecule has 0 unspecified atom stereocenters. The standard InChI is InChI=1S/C15H17FN2O/c16-12-3-6-15(17)11(8-12)9-18(13-4-5-13)10-14-2-1-7-19-14/h1-3,6-8,13H,4-5,9-10,17H2. The van der Waals surface area contributed by atoms with Crippen LogP contribution in [-0.4, -0.2) is 10.9 Å². The Kier molecular flexibility index (Phi) is 3.25. The molecule has 2 N–H and O–H groups in total. The summed E-state index contributed by atoms with van der Waals surface area (Å²) < 4.78 is 18.7. The van der Waals surface area contributed by atoms with E-state index in [2.05, 4.69) is 4.90 Å². The first kappa shape index (κ1) is 12.2. The summed E-state index contributed by atoms with van der Waals surface area (Å²) in [5.41, 5.74) is 7.41. The maximum absolute atomic E-state index is 13.3. The molecule has 100 valence electrons. The number of furan rings is 1. The van der Waals surface area contributed by atoms with Crippen LogP contribution in [0.2, 0.25) is 0 Å². The molecule has 0 spiro atoms. The summed E-state index contributed by atoms with van der Waals surface area (Å²) in [7, 11) is 0. The molecule has 19 heavy (non-hydrogen) atoms. The first-order chi connectivity index (χ1) is 9.22. The molecule has 3 nitrogen and oxygen atoms in total. The van der Waals surface area contributed by atoms with E-state index in [4.69, 9.17) is 10.2 Å². The lowest BCUT2D eigenvalue weighted by molar-refractivity contribution is 0.225. The molecule has 0 radical (unpaired) electrons. The van der Waals surface area contributed by atoms with Crippen LogP contribution in [0.5, 0.6) is 0 Å². The molecule has 1 aliphatic rings. The Bertz CT molecular complexity index is 549. The number of nitrogens with zero attached hydrogens (tertiary/aromatic N) is 1. The van der Waals surface area contributed by atoms with Gasteiger partial charge in [0.05, 0.1) is 12.8 Å². The average Bonchev–Trinajstić information content (AvgIpc) is 3.12. The number of anilines is 1. The van der Waals surface area contributed by atoms with Gasteiger partial charge >= 0.3 is 0 Å². The van der Waals surface area contributed by atoms with Gasteiger partial charge in [-0.25, -0.2) is 4.39 Å². The summed E-state index contributed by atoms with van der Waals surface area (Å²) in [6, 6.07) is 8.96. The molecule has 2 aromatic rings. The summed E-state index contributed by atoms with van der Waals surface area (Å²) in [4.78, 5) is 2.30. The van der Waals surface area contributed by atoms with Crippen LogP contribution in [0.3, 0.4) is 0 Å². The number of rotatable bonds is 5. The molecule has 1 fully saturated rings. The lowest BCUT2D eigenvalue weighted by Gasteiger charge is -2.21. The molecule has 1 saturated carbocycles. The van der Waals surface area contributed by atoms with E-state index in [0.717, 1.165) is 17.9 Å². The van der Waals surface area contributed by atoms with Crippen LogP contribution in [0.15, 0.2) is 41.0 Å². The highest BCUT2D eigenvalue weighted by Gasteiger charge is 2.29. The molecule has 1 heterocycles. The van der Waals surface area contributed by atoms with E-state index < -0.39 is 0 Å². The van der Waals surface area contributed by atoms with Crippen molar-refractivity contribution >= 4 is 5.69 Å². The number of hydrogen-bond acceptors (Lipinski definition) is 3. The van der Waals surface area contributed by atoms with Crippen molar-refractivity contribution < 1.29 is 8.81 Å². The minimum atomic E-state index is -0.238. The molecule has 1 aromatic heterocycles.